The highest BCUT2D eigenvalue weighted by atomic mass is 32.1. The first-order valence-corrected chi connectivity index (χ1v) is 11.0. The minimum absolute atomic E-state index is 0.745. The van der Waals surface area contributed by atoms with E-state index in [1.807, 2.05) is 12.3 Å². The van der Waals surface area contributed by atoms with Gasteiger partial charge in [-0.2, -0.15) is 4.98 Å². The smallest absolute Gasteiger partial charge is 0.227 e. The van der Waals surface area contributed by atoms with Gasteiger partial charge in [-0.05, 0) is 12.5 Å². The first-order chi connectivity index (χ1) is 13.4. The molecule has 0 spiro atoms. The zero-order valence-electron chi connectivity index (χ0n) is 16.3. The van der Waals surface area contributed by atoms with Crippen molar-refractivity contribution in [3.05, 3.63) is 28.8 Å². The summed E-state index contributed by atoms with van der Waals surface area (Å²) in [5, 5.41) is 2.08. The fourth-order valence-electron chi connectivity index (χ4n) is 3.25. The number of unbranched alkanes of at least 4 members (excludes halogenated alkanes) is 4. The molecule has 0 saturated carbocycles. The van der Waals surface area contributed by atoms with Crippen LogP contribution in [0.1, 0.15) is 44.7 Å². The van der Waals surface area contributed by atoms with Crippen LogP contribution in [0.25, 0.3) is 0 Å². The largest absolute Gasteiger partial charge is 0.378 e. The Hall–Kier alpha value is -1.73. The van der Waals surface area contributed by atoms with Crippen molar-refractivity contribution in [3.63, 3.8) is 0 Å². The van der Waals surface area contributed by atoms with Crippen LogP contribution in [0.3, 0.4) is 0 Å². The predicted molar refractivity (Wildman–Crippen MR) is 111 cm³/mol. The third-order valence-electron chi connectivity index (χ3n) is 4.85. The third kappa shape index (κ3) is 6.43. The monoisotopic (exact) mass is 388 g/mol. The molecule has 147 valence electrons. The van der Waals surface area contributed by atoms with E-state index >= 15 is 0 Å². The second kappa shape index (κ2) is 11.2. The molecule has 3 rings (SSSR count). The summed E-state index contributed by atoms with van der Waals surface area (Å²) in [7, 11) is 0. The minimum Gasteiger partial charge on any atom is -0.378 e. The van der Waals surface area contributed by atoms with E-state index in [2.05, 4.69) is 37.6 Å². The summed E-state index contributed by atoms with van der Waals surface area (Å²) in [6.07, 6.45) is 9.19. The number of aromatic nitrogens is 3. The van der Waals surface area contributed by atoms with Gasteiger partial charge in [-0.25, -0.2) is 9.97 Å². The van der Waals surface area contributed by atoms with E-state index < -0.39 is 0 Å². The fourth-order valence-corrected chi connectivity index (χ4v) is 3.78. The van der Waals surface area contributed by atoms with Gasteiger partial charge >= 0.3 is 0 Å². The maximum Gasteiger partial charge on any atom is 0.227 e. The Morgan fingerprint density at radius 1 is 1.19 bits per heavy atom. The lowest BCUT2D eigenvalue weighted by Gasteiger charge is -2.28. The van der Waals surface area contributed by atoms with Crippen LogP contribution in [0.15, 0.2) is 17.6 Å². The predicted octanol–water partition coefficient (Wildman–Crippen LogP) is 3.59. The summed E-state index contributed by atoms with van der Waals surface area (Å²) in [5.41, 5.74) is 4.05. The van der Waals surface area contributed by atoms with E-state index in [1.165, 1.54) is 43.4 Å². The molecule has 0 N–H and O–H groups in total. The molecule has 1 saturated heterocycles. The normalized spacial score (nSPS) is 14.5. The van der Waals surface area contributed by atoms with Crippen molar-refractivity contribution in [2.24, 2.45) is 0 Å². The number of morpholine rings is 1. The van der Waals surface area contributed by atoms with Gasteiger partial charge in [-0.1, -0.05) is 32.6 Å². The van der Waals surface area contributed by atoms with Gasteiger partial charge in [0.1, 0.15) is 5.82 Å². The maximum atomic E-state index is 5.45. The quantitative estimate of drug-likeness (QED) is 0.548. The molecule has 1 aliphatic heterocycles. The van der Waals surface area contributed by atoms with Gasteiger partial charge in [0.25, 0.3) is 0 Å². The lowest BCUT2D eigenvalue weighted by molar-refractivity contribution is 0.122. The van der Waals surface area contributed by atoms with E-state index in [9.17, 15) is 0 Å². The molecule has 7 heteroatoms. The lowest BCUT2D eigenvalue weighted by Crippen LogP contribution is -2.37. The average Bonchev–Trinajstić information content (AvgIpc) is 3.24. The summed E-state index contributed by atoms with van der Waals surface area (Å²) >= 11 is 1.54. The highest BCUT2D eigenvalue weighted by Gasteiger charge is 2.16. The Bertz CT molecular complexity index is 646. The van der Waals surface area contributed by atoms with Crippen molar-refractivity contribution in [2.75, 3.05) is 49.2 Å². The molecule has 0 amide bonds. The van der Waals surface area contributed by atoms with Gasteiger partial charge in [-0.15, -0.1) is 11.3 Å². The van der Waals surface area contributed by atoms with Crippen molar-refractivity contribution in [2.45, 2.75) is 45.4 Å². The number of rotatable bonds is 11. The van der Waals surface area contributed by atoms with Crippen molar-refractivity contribution in [3.8, 4) is 0 Å². The van der Waals surface area contributed by atoms with Crippen LogP contribution in [-0.4, -0.2) is 54.3 Å². The molecule has 0 aliphatic carbocycles. The summed E-state index contributed by atoms with van der Waals surface area (Å²) in [6, 6.07) is 2.03. The Labute approximate surface area is 166 Å². The minimum atomic E-state index is 0.745. The average molecular weight is 389 g/mol. The first kappa shape index (κ1) is 20.0. The second-order valence-electron chi connectivity index (χ2n) is 6.90. The Morgan fingerprint density at radius 3 is 2.81 bits per heavy atom. The van der Waals surface area contributed by atoms with E-state index in [0.717, 1.165) is 63.3 Å². The summed E-state index contributed by atoms with van der Waals surface area (Å²) in [4.78, 5) is 18.3. The molecule has 0 bridgehead atoms. The molecule has 0 atom stereocenters. The van der Waals surface area contributed by atoms with Crippen LogP contribution in [0.2, 0.25) is 0 Å². The van der Waals surface area contributed by atoms with Crippen molar-refractivity contribution in [1.29, 1.82) is 0 Å². The van der Waals surface area contributed by atoms with Crippen LogP contribution in [0.5, 0.6) is 0 Å². The summed E-state index contributed by atoms with van der Waals surface area (Å²) < 4.78 is 5.45. The molecule has 1 fully saturated rings. The number of hydrogen-bond acceptors (Lipinski definition) is 7. The van der Waals surface area contributed by atoms with E-state index in [1.54, 1.807) is 0 Å². The SMILES string of the molecule is CCCCCCCN(CCc1cs[c]n1)c1ccnc(N2CCOCC2)n1. The Balaban J connectivity index is 1.64. The lowest BCUT2D eigenvalue weighted by atomic mass is 10.1. The maximum absolute atomic E-state index is 5.45. The Morgan fingerprint density at radius 2 is 2.04 bits per heavy atom. The Kier molecular flexibility index (Phi) is 8.30. The molecular formula is C20H30N5OS. The van der Waals surface area contributed by atoms with Crippen LogP contribution in [0, 0.1) is 5.51 Å². The highest BCUT2D eigenvalue weighted by Crippen LogP contribution is 2.18. The summed E-state index contributed by atoms with van der Waals surface area (Å²) in [6.45, 7) is 7.40. The van der Waals surface area contributed by atoms with Crippen molar-refractivity contribution in [1.82, 2.24) is 15.0 Å². The second-order valence-corrected chi connectivity index (χ2v) is 7.55. The molecular weight excluding hydrogens is 358 g/mol. The zero-order valence-corrected chi connectivity index (χ0v) is 17.1. The van der Waals surface area contributed by atoms with Gasteiger partial charge in [0.05, 0.1) is 18.9 Å². The molecule has 0 aromatic carbocycles. The van der Waals surface area contributed by atoms with Crippen molar-refractivity contribution >= 4 is 23.1 Å². The first-order valence-electron chi connectivity index (χ1n) is 10.1. The molecule has 2 aromatic rings. The van der Waals surface area contributed by atoms with Crippen LogP contribution in [-0.2, 0) is 11.2 Å². The number of nitrogens with zero attached hydrogens (tertiary/aromatic N) is 5. The van der Waals surface area contributed by atoms with E-state index in [-0.39, 0.29) is 0 Å². The molecule has 1 radical (unpaired) electrons. The van der Waals surface area contributed by atoms with Gasteiger partial charge < -0.3 is 14.5 Å². The third-order valence-corrected chi connectivity index (χ3v) is 5.44. The summed E-state index contributed by atoms with van der Waals surface area (Å²) in [5.74, 6) is 1.83. The topological polar surface area (TPSA) is 54.4 Å². The fraction of sp³-hybridized carbons (Fsp3) is 0.650. The molecule has 2 aromatic heterocycles. The van der Waals surface area contributed by atoms with Gasteiger partial charge in [0, 0.05) is 44.2 Å². The molecule has 0 unspecified atom stereocenters. The van der Waals surface area contributed by atoms with E-state index in [4.69, 9.17) is 9.72 Å². The van der Waals surface area contributed by atoms with Gasteiger partial charge in [-0.3, -0.25) is 0 Å². The molecule has 6 nitrogen and oxygen atoms in total. The number of hydrogen-bond donors (Lipinski definition) is 0. The van der Waals surface area contributed by atoms with Gasteiger partial charge in [0.15, 0.2) is 5.51 Å². The molecule has 1 aliphatic rings. The highest BCUT2D eigenvalue weighted by molar-refractivity contribution is 7.07. The number of anilines is 2. The van der Waals surface area contributed by atoms with Crippen LogP contribution >= 0.6 is 11.3 Å². The molecule has 3 heterocycles. The zero-order chi connectivity index (χ0) is 18.7. The standard InChI is InChI=1S/C20H30N5OS/c1-2-3-4-5-6-10-24(11-8-18-16-27-17-22-18)19-7-9-21-20(23-19)25-12-14-26-15-13-25/h7,9,16H,2-6,8,10-15H2,1H3. The van der Waals surface area contributed by atoms with E-state index in [0.29, 0.717) is 0 Å². The number of thiazole rings is 1. The van der Waals surface area contributed by atoms with Gasteiger partial charge in [0.2, 0.25) is 5.95 Å². The van der Waals surface area contributed by atoms with Crippen molar-refractivity contribution < 1.29 is 4.74 Å². The van der Waals surface area contributed by atoms with Crippen LogP contribution < -0.4 is 9.80 Å². The molecule has 27 heavy (non-hydrogen) atoms. The number of ether oxygens (including phenoxy) is 1. The van der Waals surface area contributed by atoms with Crippen LogP contribution in [0.4, 0.5) is 11.8 Å².